The lowest BCUT2D eigenvalue weighted by molar-refractivity contribution is 0.120. The molecule has 0 aliphatic rings. The van der Waals surface area contributed by atoms with Gasteiger partial charge in [-0.2, -0.15) is 0 Å². The first-order valence-corrected chi connectivity index (χ1v) is 8.96. The molecule has 6 heteroatoms. The minimum atomic E-state index is -0.0742. The van der Waals surface area contributed by atoms with Crippen LogP contribution in [0.5, 0.6) is 11.5 Å². The third-order valence-corrected chi connectivity index (χ3v) is 4.66. The summed E-state index contributed by atoms with van der Waals surface area (Å²) in [5, 5.41) is 28.2. The van der Waals surface area contributed by atoms with Crippen LogP contribution in [0.2, 0.25) is 0 Å². The molecule has 6 nitrogen and oxygen atoms in total. The molecule has 144 valence electrons. The molecule has 0 radical (unpaired) electrons. The zero-order valence-corrected chi connectivity index (χ0v) is 15.4. The van der Waals surface area contributed by atoms with Gasteiger partial charge in [0.1, 0.15) is 11.5 Å². The Balaban J connectivity index is 1.61. The van der Waals surface area contributed by atoms with Gasteiger partial charge in [-0.15, -0.1) is 0 Å². The molecule has 0 atom stereocenters. The van der Waals surface area contributed by atoms with Crippen molar-refractivity contribution in [3.63, 3.8) is 0 Å². The molecule has 2 N–H and O–H groups in total. The first-order valence-electron chi connectivity index (χ1n) is 8.96. The minimum Gasteiger partial charge on any atom is -0.457 e. The molecule has 0 unspecified atom stereocenters. The fourth-order valence-corrected chi connectivity index (χ4v) is 3.34. The lowest BCUT2D eigenvalue weighted by Crippen LogP contribution is -2.09. The van der Waals surface area contributed by atoms with Crippen LogP contribution in [0.1, 0.15) is 11.1 Å². The highest BCUT2D eigenvalue weighted by molar-refractivity contribution is 6.03. The third kappa shape index (κ3) is 3.68. The predicted molar refractivity (Wildman–Crippen MR) is 113 cm³/mol. The molecule has 4 rings (SSSR count). The second-order valence-corrected chi connectivity index (χ2v) is 6.29. The lowest BCUT2D eigenvalue weighted by Gasteiger charge is -2.14. The van der Waals surface area contributed by atoms with Crippen LogP contribution in [0, 0.1) is 0 Å². The fraction of sp³-hybridized carbons (Fsp3) is 0.0435. The average Bonchev–Trinajstić information content (AvgIpc) is 2.76. The van der Waals surface area contributed by atoms with E-state index in [2.05, 4.69) is 10.3 Å². The number of rotatable bonds is 6. The Labute approximate surface area is 166 Å². The van der Waals surface area contributed by atoms with Crippen molar-refractivity contribution in [3.05, 3.63) is 83.9 Å². The zero-order valence-electron chi connectivity index (χ0n) is 15.4. The van der Waals surface area contributed by atoms with E-state index in [0.717, 1.165) is 21.5 Å². The molecule has 0 amide bonds. The number of oxime groups is 2. The van der Waals surface area contributed by atoms with Crippen LogP contribution in [0.3, 0.4) is 0 Å². The van der Waals surface area contributed by atoms with Gasteiger partial charge in [-0.25, -0.2) is 0 Å². The quantitative estimate of drug-likeness (QED) is 0.211. The molecule has 0 aromatic heterocycles. The topological polar surface area (TPSA) is 83.6 Å². The van der Waals surface area contributed by atoms with Crippen LogP contribution in [-0.4, -0.2) is 29.6 Å². The largest absolute Gasteiger partial charge is 0.457 e. The summed E-state index contributed by atoms with van der Waals surface area (Å²) in [6, 6.07) is 23.0. The van der Waals surface area contributed by atoms with E-state index in [9.17, 15) is 0 Å². The normalized spacial score (nSPS) is 11.6. The van der Waals surface area contributed by atoms with Crippen LogP contribution in [0.4, 0.5) is 0 Å². The maximum Gasteiger partial charge on any atom is 0.230 e. The highest BCUT2D eigenvalue weighted by Crippen LogP contribution is 2.29. The summed E-state index contributed by atoms with van der Waals surface area (Å²) in [4.78, 5) is 0. The monoisotopic (exact) mass is 386 g/mol. The number of hydrogen-bond donors (Lipinski definition) is 2. The van der Waals surface area contributed by atoms with Gasteiger partial charge in [0.25, 0.3) is 0 Å². The van der Waals surface area contributed by atoms with Crippen molar-refractivity contribution in [2.24, 2.45) is 10.3 Å². The van der Waals surface area contributed by atoms with Crippen molar-refractivity contribution in [2.75, 3.05) is 6.79 Å². The van der Waals surface area contributed by atoms with E-state index in [1.54, 1.807) is 12.1 Å². The first kappa shape index (κ1) is 18.3. The van der Waals surface area contributed by atoms with Gasteiger partial charge in [0.2, 0.25) is 6.79 Å². The zero-order chi connectivity index (χ0) is 20.1. The van der Waals surface area contributed by atoms with E-state index in [4.69, 9.17) is 19.9 Å². The molecule has 0 heterocycles. The minimum absolute atomic E-state index is 0.0742. The van der Waals surface area contributed by atoms with Gasteiger partial charge in [-0.3, -0.25) is 0 Å². The van der Waals surface area contributed by atoms with Gasteiger partial charge in [0, 0.05) is 11.1 Å². The Morgan fingerprint density at radius 3 is 1.52 bits per heavy atom. The van der Waals surface area contributed by atoms with Crippen molar-refractivity contribution in [2.45, 2.75) is 0 Å². The molecule has 0 fully saturated rings. The molecule has 0 spiro atoms. The summed E-state index contributed by atoms with van der Waals surface area (Å²) in [6.07, 6.45) is 2.69. The van der Waals surface area contributed by atoms with E-state index in [1.165, 1.54) is 12.4 Å². The van der Waals surface area contributed by atoms with Crippen molar-refractivity contribution in [3.8, 4) is 11.5 Å². The van der Waals surface area contributed by atoms with Crippen LogP contribution in [0.25, 0.3) is 21.5 Å². The molecule has 0 aliphatic carbocycles. The first-order chi connectivity index (χ1) is 14.3. The maximum atomic E-state index is 9.05. The Morgan fingerprint density at radius 1 is 0.621 bits per heavy atom. The maximum absolute atomic E-state index is 9.05. The summed E-state index contributed by atoms with van der Waals surface area (Å²) in [5.41, 5.74) is 1.31. The second-order valence-electron chi connectivity index (χ2n) is 6.29. The van der Waals surface area contributed by atoms with Crippen molar-refractivity contribution in [1.29, 1.82) is 0 Å². The van der Waals surface area contributed by atoms with Gasteiger partial charge in [0.15, 0.2) is 0 Å². The Morgan fingerprint density at radius 2 is 1.07 bits per heavy atom. The summed E-state index contributed by atoms with van der Waals surface area (Å²) in [5.74, 6) is 1.05. The number of fused-ring (bicyclic) bond motifs is 2. The Hall–Kier alpha value is -4.06. The van der Waals surface area contributed by atoms with Gasteiger partial charge in [-0.05, 0) is 33.7 Å². The SMILES string of the molecule is O/N=C/c1c(OCOc2ccc3ccccc3c2/C=N/O)ccc2ccccc12. The highest BCUT2D eigenvalue weighted by Gasteiger charge is 2.10. The van der Waals surface area contributed by atoms with Crippen LogP contribution >= 0.6 is 0 Å². The molecular formula is C23H18N2O4. The molecule has 0 saturated heterocycles. The van der Waals surface area contributed by atoms with Crippen LogP contribution < -0.4 is 9.47 Å². The number of ether oxygens (including phenoxy) is 2. The molecule has 0 bridgehead atoms. The summed E-state index contributed by atoms with van der Waals surface area (Å²) < 4.78 is 11.6. The number of nitrogens with zero attached hydrogens (tertiary/aromatic N) is 2. The fourth-order valence-electron chi connectivity index (χ4n) is 3.34. The molecule has 0 aliphatic heterocycles. The van der Waals surface area contributed by atoms with E-state index >= 15 is 0 Å². The van der Waals surface area contributed by atoms with Gasteiger partial charge in [0.05, 0.1) is 12.4 Å². The van der Waals surface area contributed by atoms with Crippen LogP contribution in [-0.2, 0) is 0 Å². The molecule has 0 saturated carbocycles. The Bertz CT molecular complexity index is 1120. The summed E-state index contributed by atoms with van der Waals surface area (Å²) >= 11 is 0. The lowest BCUT2D eigenvalue weighted by atomic mass is 10.0. The van der Waals surface area contributed by atoms with E-state index in [0.29, 0.717) is 22.6 Å². The Kier molecular flexibility index (Phi) is 5.25. The van der Waals surface area contributed by atoms with Crippen LogP contribution in [0.15, 0.2) is 83.1 Å². The molecular weight excluding hydrogens is 368 g/mol. The molecule has 4 aromatic carbocycles. The average molecular weight is 386 g/mol. The van der Waals surface area contributed by atoms with E-state index < -0.39 is 0 Å². The number of benzene rings is 4. The summed E-state index contributed by atoms with van der Waals surface area (Å²) in [7, 11) is 0. The molecule has 4 aromatic rings. The van der Waals surface area contributed by atoms with Crippen molar-refractivity contribution < 1.29 is 19.9 Å². The van der Waals surface area contributed by atoms with Crippen molar-refractivity contribution >= 4 is 34.0 Å². The predicted octanol–water partition coefficient (Wildman–Crippen LogP) is 5.02. The standard InChI is InChI=1S/C23H18N2O4/c26-24-13-20-18-7-3-1-5-16(18)9-11-22(20)28-15-29-23-12-10-17-6-2-4-8-19(17)21(23)14-25-27/h1-14,26-27H,15H2/b24-13+,25-14+. The second kappa shape index (κ2) is 8.31. The van der Waals surface area contributed by atoms with E-state index in [1.807, 2.05) is 60.7 Å². The third-order valence-electron chi connectivity index (χ3n) is 4.66. The van der Waals surface area contributed by atoms with Gasteiger partial charge in [-0.1, -0.05) is 71.0 Å². The smallest absolute Gasteiger partial charge is 0.230 e. The van der Waals surface area contributed by atoms with Crippen molar-refractivity contribution in [1.82, 2.24) is 0 Å². The number of hydrogen-bond acceptors (Lipinski definition) is 6. The van der Waals surface area contributed by atoms with Gasteiger partial charge < -0.3 is 19.9 Å². The molecule has 29 heavy (non-hydrogen) atoms. The van der Waals surface area contributed by atoms with Gasteiger partial charge >= 0.3 is 0 Å². The summed E-state index contributed by atoms with van der Waals surface area (Å²) in [6.45, 7) is -0.0742. The van der Waals surface area contributed by atoms with E-state index in [-0.39, 0.29) is 6.79 Å². The highest BCUT2D eigenvalue weighted by atomic mass is 16.7.